The maximum absolute atomic E-state index is 5.89. The zero-order valence-corrected chi connectivity index (χ0v) is 10.9. The van der Waals surface area contributed by atoms with E-state index in [0.717, 1.165) is 26.1 Å². The standard InChI is InChI=1S/C14H24N2O/c1-3-16(9-10-17-2)14(12-15)11-13-7-5-4-6-8-13/h4-8,14H,3,9-12,15H2,1-2H3. The van der Waals surface area contributed by atoms with Gasteiger partial charge in [0.2, 0.25) is 0 Å². The minimum Gasteiger partial charge on any atom is -0.383 e. The summed E-state index contributed by atoms with van der Waals surface area (Å²) in [5.74, 6) is 0. The Bertz CT molecular complexity index is 290. The van der Waals surface area contributed by atoms with Crippen LogP contribution < -0.4 is 5.73 Å². The van der Waals surface area contributed by atoms with E-state index in [1.807, 2.05) is 6.07 Å². The van der Waals surface area contributed by atoms with Crippen molar-refractivity contribution in [1.29, 1.82) is 0 Å². The molecular weight excluding hydrogens is 212 g/mol. The minimum absolute atomic E-state index is 0.401. The molecule has 1 atom stereocenters. The molecule has 0 saturated carbocycles. The van der Waals surface area contributed by atoms with Crippen molar-refractivity contribution in [2.45, 2.75) is 19.4 Å². The van der Waals surface area contributed by atoms with Crippen LogP contribution >= 0.6 is 0 Å². The van der Waals surface area contributed by atoms with Crippen LogP contribution in [0.25, 0.3) is 0 Å². The Balaban J connectivity index is 2.56. The number of hydrogen-bond acceptors (Lipinski definition) is 3. The third-order valence-corrected chi connectivity index (χ3v) is 3.09. The van der Waals surface area contributed by atoms with Crippen molar-refractivity contribution in [3.8, 4) is 0 Å². The number of nitrogens with two attached hydrogens (primary N) is 1. The zero-order chi connectivity index (χ0) is 12.5. The first kappa shape index (κ1) is 14.2. The lowest BCUT2D eigenvalue weighted by molar-refractivity contribution is 0.125. The fourth-order valence-corrected chi connectivity index (χ4v) is 2.06. The van der Waals surface area contributed by atoms with Crippen LogP contribution in [-0.2, 0) is 11.2 Å². The van der Waals surface area contributed by atoms with Crippen molar-refractivity contribution >= 4 is 0 Å². The lowest BCUT2D eigenvalue weighted by atomic mass is 10.0. The SMILES string of the molecule is CCN(CCOC)C(CN)Cc1ccccc1. The van der Waals surface area contributed by atoms with Crippen LogP contribution in [0.4, 0.5) is 0 Å². The van der Waals surface area contributed by atoms with Gasteiger partial charge in [-0.2, -0.15) is 0 Å². The Morgan fingerprint density at radius 2 is 2.00 bits per heavy atom. The van der Waals surface area contributed by atoms with Gasteiger partial charge >= 0.3 is 0 Å². The first-order valence-corrected chi connectivity index (χ1v) is 6.28. The van der Waals surface area contributed by atoms with Gasteiger partial charge in [0, 0.05) is 26.2 Å². The van der Waals surface area contributed by atoms with Crippen molar-refractivity contribution in [3.05, 3.63) is 35.9 Å². The van der Waals surface area contributed by atoms with Gasteiger partial charge in [-0.3, -0.25) is 4.90 Å². The molecule has 1 rings (SSSR count). The molecule has 1 aromatic rings. The summed E-state index contributed by atoms with van der Waals surface area (Å²) in [6, 6.07) is 10.9. The fraction of sp³-hybridized carbons (Fsp3) is 0.571. The van der Waals surface area contributed by atoms with Gasteiger partial charge in [0.25, 0.3) is 0 Å². The summed E-state index contributed by atoms with van der Waals surface area (Å²) in [5.41, 5.74) is 7.23. The van der Waals surface area contributed by atoms with Crippen LogP contribution in [0.5, 0.6) is 0 Å². The highest BCUT2D eigenvalue weighted by Gasteiger charge is 2.15. The lowest BCUT2D eigenvalue weighted by Crippen LogP contribution is -2.43. The molecule has 0 amide bonds. The second-order valence-electron chi connectivity index (χ2n) is 4.20. The number of methoxy groups -OCH3 is 1. The van der Waals surface area contributed by atoms with Crippen molar-refractivity contribution in [3.63, 3.8) is 0 Å². The zero-order valence-electron chi connectivity index (χ0n) is 10.9. The number of rotatable bonds is 8. The molecule has 0 bridgehead atoms. The van der Waals surface area contributed by atoms with E-state index in [1.54, 1.807) is 7.11 Å². The highest BCUT2D eigenvalue weighted by atomic mass is 16.5. The molecule has 1 aromatic carbocycles. The highest BCUT2D eigenvalue weighted by molar-refractivity contribution is 5.16. The summed E-state index contributed by atoms with van der Waals surface area (Å²) in [4.78, 5) is 2.39. The molecule has 0 aliphatic heterocycles. The molecule has 0 saturated heterocycles. The largest absolute Gasteiger partial charge is 0.383 e. The predicted octanol–water partition coefficient (Wildman–Crippen LogP) is 1.52. The molecule has 17 heavy (non-hydrogen) atoms. The van der Waals surface area contributed by atoms with Gasteiger partial charge in [0.1, 0.15) is 0 Å². The smallest absolute Gasteiger partial charge is 0.0589 e. The van der Waals surface area contributed by atoms with Crippen LogP contribution in [-0.4, -0.2) is 44.3 Å². The van der Waals surface area contributed by atoms with E-state index in [-0.39, 0.29) is 0 Å². The van der Waals surface area contributed by atoms with E-state index in [4.69, 9.17) is 10.5 Å². The second-order valence-corrected chi connectivity index (χ2v) is 4.20. The van der Waals surface area contributed by atoms with Crippen molar-refractivity contribution < 1.29 is 4.74 Å². The van der Waals surface area contributed by atoms with Crippen LogP contribution in [0.2, 0.25) is 0 Å². The van der Waals surface area contributed by atoms with E-state index in [0.29, 0.717) is 12.6 Å². The van der Waals surface area contributed by atoms with E-state index in [9.17, 15) is 0 Å². The van der Waals surface area contributed by atoms with Crippen molar-refractivity contribution in [2.24, 2.45) is 5.73 Å². The number of hydrogen-bond donors (Lipinski definition) is 1. The van der Waals surface area contributed by atoms with Gasteiger partial charge in [-0.05, 0) is 18.5 Å². The summed E-state index contributed by atoms with van der Waals surface area (Å²) in [6.07, 6.45) is 1.01. The summed E-state index contributed by atoms with van der Waals surface area (Å²) < 4.78 is 5.14. The van der Waals surface area contributed by atoms with Gasteiger partial charge in [-0.15, -0.1) is 0 Å². The second kappa shape index (κ2) is 8.23. The van der Waals surface area contributed by atoms with Crippen LogP contribution in [0.3, 0.4) is 0 Å². The number of ether oxygens (including phenoxy) is 1. The molecule has 0 spiro atoms. The molecule has 2 N–H and O–H groups in total. The Morgan fingerprint density at radius 3 is 2.53 bits per heavy atom. The third kappa shape index (κ3) is 4.86. The van der Waals surface area contributed by atoms with Gasteiger partial charge in [-0.1, -0.05) is 37.3 Å². The van der Waals surface area contributed by atoms with E-state index in [2.05, 4.69) is 36.1 Å². The maximum Gasteiger partial charge on any atom is 0.0589 e. The maximum atomic E-state index is 5.89. The topological polar surface area (TPSA) is 38.5 Å². The van der Waals surface area contributed by atoms with Crippen LogP contribution in [0, 0.1) is 0 Å². The molecule has 96 valence electrons. The molecule has 0 radical (unpaired) electrons. The summed E-state index contributed by atoms with van der Waals surface area (Å²) >= 11 is 0. The molecule has 0 heterocycles. The fourth-order valence-electron chi connectivity index (χ4n) is 2.06. The molecule has 0 aliphatic rings. The number of likely N-dealkylation sites (N-methyl/N-ethyl adjacent to an activating group) is 1. The predicted molar refractivity (Wildman–Crippen MR) is 72.1 cm³/mol. The van der Waals surface area contributed by atoms with Crippen LogP contribution in [0.1, 0.15) is 12.5 Å². The molecule has 3 heteroatoms. The van der Waals surface area contributed by atoms with Crippen LogP contribution in [0.15, 0.2) is 30.3 Å². The quantitative estimate of drug-likeness (QED) is 0.744. The average Bonchev–Trinajstić information content (AvgIpc) is 2.39. The summed E-state index contributed by atoms with van der Waals surface area (Å²) in [6.45, 7) is 5.58. The first-order valence-electron chi connectivity index (χ1n) is 6.28. The number of benzene rings is 1. The van der Waals surface area contributed by atoms with Gasteiger partial charge < -0.3 is 10.5 Å². The molecular formula is C14H24N2O. The Morgan fingerprint density at radius 1 is 1.29 bits per heavy atom. The average molecular weight is 236 g/mol. The molecule has 0 fully saturated rings. The first-order chi connectivity index (χ1) is 8.31. The lowest BCUT2D eigenvalue weighted by Gasteiger charge is -2.29. The molecule has 3 nitrogen and oxygen atoms in total. The van der Waals surface area contributed by atoms with Gasteiger partial charge in [-0.25, -0.2) is 0 Å². The third-order valence-electron chi connectivity index (χ3n) is 3.09. The normalized spacial score (nSPS) is 12.9. The Labute approximate surface area is 105 Å². The summed E-state index contributed by atoms with van der Waals surface area (Å²) in [7, 11) is 1.74. The van der Waals surface area contributed by atoms with Gasteiger partial charge in [0.05, 0.1) is 6.61 Å². The minimum atomic E-state index is 0.401. The monoisotopic (exact) mass is 236 g/mol. The highest BCUT2D eigenvalue weighted by Crippen LogP contribution is 2.08. The van der Waals surface area contributed by atoms with Crippen molar-refractivity contribution in [2.75, 3.05) is 33.4 Å². The Kier molecular flexibility index (Phi) is 6.86. The Hall–Kier alpha value is -0.900. The molecule has 1 unspecified atom stereocenters. The van der Waals surface area contributed by atoms with Gasteiger partial charge in [0.15, 0.2) is 0 Å². The molecule has 0 aromatic heterocycles. The molecule has 0 aliphatic carbocycles. The van der Waals surface area contributed by atoms with E-state index in [1.165, 1.54) is 5.56 Å². The summed E-state index contributed by atoms with van der Waals surface area (Å²) in [5, 5.41) is 0. The van der Waals surface area contributed by atoms with Crippen molar-refractivity contribution in [1.82, 2.24) is 4.90 Å². The van der Waals surface area contributed by atoms with E-state index < -0.39 is 0 Å². The number of nitrogens with zero attached hydrogens (tertiary/aromatic N) is 1. The van der Waals surface area contributed by atoms with E-state index >= 15 is 0 Å².